The summed E-state index contributed by atoms with van der Waals surface area (Å²) < 4.78 is 16.3. The molecule has 6 heteroatoms. The van der Waals surface area contributed by atoms with Gasteiger partial charge in [0.15, 0.2) is 11.5 Å². The lowest BCUT2D eigenvalue weighted by molar-refractivity contribution is -0.117. The molecule has 0 saturated heterocycles. The fourth-order valence-electron chi connectivity index (χ4n) is 3.02. The van der Waals surface area contributed by atoms with Gasteiger partial charge < -0.3 is 19.5 Å². The number of para-hydroxylation sites is 1. The quantitative estimate of drug-likeness (QED) is 0.393. The molecule has 3 aromatic carbocycles. The Morgan fingerprint density at radius 2 is 1.62 bits per heavy atom. The molecule has 3 aromatic rings. The van der Waals surface area contributed by atoms with Gasteiger partial charge in [0.2, 0.25) is 0 Å². The van der Waals surface area contributed by atoms with Gasteiger partial charge in [-0.2, -0.15) is 5.26 Å². The SMILES string of the molecule is COc1ccc(CCNC(=O)/C(C#N)=C/c2ccc(Oc3ccccc3)cc2)cc1OC. The number of amides is 1. The van der Waals surface area contributed by atoms with Gasteiger partial charge in [0.25, 0.3) is 5.91 Å². The van der Waals surface area contributed by atoms with E-state index in [0.29, 0.717) is 30.2 Å². The van der Waals surface area contributed by atoms with Crippen LogP contribution in [0.15, 0.2) is 78.4 Å². The van der Waals surface area contributed by atoms with Crippen molar-refractivity contribution in [1.82, 2.24) is 5.32 Å². The van der Waals surface area contributed by atoms with Crippen molar-refractivity contribution in [3.63, 3.8) is 0 Å². The zero-order valence-electron chi connectivity index (χ0n) is 18.0. The molecule has 0 aliphatic heterocycles. The summed E-state index contributed by atoms with van der Waals surface area (Å²) >= 11 is 0. The number of carbonyl (C=O) groups is 1. The number of nitriles is 1. The molecule has 0 fully saturated rings. The fraction of sp³-hybridized carbons (Fsp3) is 0.154. The van der Waals surface area contributed by atoms with Crippen molar-refractivity contribution in [3.8, 4) is 29.1 Å². The van der Waals surface area contributed by atoms with Gasteiger partial charge in [-0.1, -0.05) is 36.4 Å². The lowest BCUT2D eigenvalue weighted by Crippen LogP contribution is -2.26. The van der Waals surface area contributed by atoms with Crippen LogP contribution in [-0.2, 0) is 11.2 Å². The summed E-state index contributed by atoms with van der Waals surface area (Å²) in [6.07, 6.45) is 2.15. The lowest BCUT2D eigenvalue weighted by Gasteiger charge is -2.10. The number of hydrogen-bond acceptors (Lipinski definition) is 5. The van der Waals surface area contributed by atoms with Gasteiger partial charge >= 0.3 is 0 Å². The van der Waals surface area contributed by atoms with Crippen LogP contribution in [0.25, 0.3) is 6.08 Å². The summed E-state index contributed by atoms with van der Waals surface area (Å²) in [5.41, 5.74) is 1.76. The highest BCUT2D eigenvalue weighted by Gasteiger charge is 2.10. The van der Waals surface area contributed by atoms with Gasteiger partial charge in [-0.25, -0.2) is 0 Å². The van der Waals surface area contributed by atoms with Crippen molar-refractivity contribution in [2.45, 2.75) is 6.42 Å². The largest absolute Gasteiger partial charge is 0.493 e. The Labute approximate surface area is 187 Å². The highest BCUT2D eigenvalue weighted by atomic mass is 16.5. The lowest BCUT2D eigenvalue weighted by atomic mass is 10.1. The fourth-order valence-corrected chi connectivity index (χ4v) is 3.02. The van der Waals surface area contributed by atoms with Crippen LogP contribution in [0.4, 0.5) is 0 Å². The van der Waals surface area contributed by atoms with Gasteiger partial charge in [-0.05, 0) is 60.0 Å². The van der Waals surface area contributed by atoms with E-state index < -0.39 is 5.91 Å². The topological polar surface area (TPSA) is 80.6 Å². The van der Waals surface area contributed by atoms with Crippen molar-refractivity contribution in [1.29, 1.82) is 5.26 Å². The summed E-state index contributed by atoms with van der Waals surface area (Å²) in [6.45, 7) is 0.386. The van der Waals surface area contributed by atoms with Gasteiger partial charge in [0.05, 0.1) is 14.2 Å². The molecule has 1 N–H and O–H groups in total. The first kappa shape index (κ1) is 22.4. The van der Waals surface area contributed by atoms with Crippen LogP contribution in [0.3, 0.4) is 0 Å². The minimum absolute atomic E-state index is 0.0361. The van der Waals surface area contributed by atoms with Crippen LogP contribution in [0, 0.1) is 11.3 Å². The molecule has 0 aromatic heterocycles. The highest BCUT2D eigenvalue weighted by molar-refractivity contribution is 6.01. The first-order valence-electron chi connectivity index (χ1n) is 10.1. The molecule has 0 unspecified atom stereocenters. The molecule has 0 aliphatic carbocycles. The Morgan fingerprint density at radius 1 is 0.938 bits per heavy atom. The average Bonchev–Trinajstić information content (AvgIpc) is 2.84. The molecule has 3 rings (SSSR count). The predicted molar refractivity (Wildman–Crippen MR) is 123 cm³/mol. The molecular formula is C26H24N2O4. The summed E-state index contributed by atoms with van der Waals surface area (Å²) in [5, 5.41) is 12.2. The second kappa shape index (κ2) is 11.2. The van der Waals surface area contributed by atoms with Crippen molar-refractivity contribution in [3.05, 3.63) is 89.5 Å². The van der Waals surface area contributed by atoms with Crippen molar-refractivity contribution >= 4 is 12.0 Å². The zero-order valence-corrected chi connectivity index (χ0v) is 18.0. The molecular weight excluding hydrogens is 404 g/mol. The Bertz CT molecular complexity index is 1120. The zero-order chi connectivity index (χ0) is 22.8. The average molecular weight is 428 g/mol. The molecule has 6 nitrogen and oxygen atoms in total. The molecule has 0 atom stereocenters. The molecule has 0 spiro atoms. The van der Waals surface area contributed by atoms with Crippen LogP contribution in [0.2, 0.25) is 0 Å². The standard InChI is InChI=1S/C26H24N2O4/c1-30-24-13-10-20(17-25(24)31-2)14-15-28-26(29)21(18-27)16-19-8-11-23(12-9-19)32-22-6-4-3-5-7-22/h3-13,16-17H,14-15H2,1-2H3,(H,28,29)/b21-16+. The molecule has 32 heavy (non-hydrogen) atoms. The smallest absolute Gasteiger partial charge is 0.261 e. The first-order chi connectivity index (χ1) is 15.6. The van der Waals surface area contributed by atoms with E-state index in [-0.39, 0.29) is 5.57 Å². The third-order valence-electron chi connectivity index (χ3n) is 4.68. The third kappa shape index (κ3) is 6.13. The Balaban J connectivity index is 1.57. The normalized spacial score (nSPS) is 10.7. The van der Waals surface area contributed by atoms with Gasteiger partial charge in [0.1, 0.15) is 23.1 Å². The van der Waals surface area contributed by atoms with E-state index in [0.717, 1.165) is 16.9 Å². The molecule has 0 radical (unpaired) electrons. The number of nitrogens with one attached hydrogen (secondary N) is 1. The summed E-state index contributed by atoms with van der Waals surface area (Å²) in [4.78, 5) is 12.4. The summed E-state index contributed by atoms with van der Waals surface area (Å²) in [5.74, 6) is 2.27. The Hall–Kier alpha value is -4.24. The predicted octanol–water partition coefficient (Wildman–Crippen LogP) is 4.76. The van der Waals surface area contributed by atoms with Crippen LogP contribution in [-0.4, -0.2) is 26.7 Å². The number of nitrogens with zero attached hydrogens (tertiary/aromatic N) is 1. The van der Waals surface area contributed by atoms with Crippen molar-refractivity contribution in [2.75, 3.05) is 20.8 Å². The van der Waals surface area contributed by atoms with E-state index in [1.165, 1.54) is 0 Å². The van der Waals surface area contributed by atoms with Crippen LogP contribution < -0.4 is 19.5 Å². The molecule has 1 amide bonds. The number of benzene rings is 3. The van der Waals surface area contributed by atoms with Crippen LogP contribution in [0.5, 0.6) is 23.0 Å². The van der Waals surface area contributed by atoms with E-state index in [2.05, 4.69) is 5.32 Å². The Morgan fingerprint density at radius 3 is 2.28 bits per heavy atom. The number of ether oxygens (including phenoxy) is 3. The van der Waals surface area contributed by atoms with Gasteiger partial charge in [-0.15, -0.1) is 0 Å². The second-order valence-corrected chi connectivity index (χ2v) is 6.85. The third-order valence-corrected chi connectivity index (χ3v) is 4.68. The van der Waals surface area contributed by atoms with E-state index in [1.807, 2.05) is 54.6 Å². The van der Waals surface area contributed by atoms with Gasteiger partial charge in [0, 0.05) is 6.54 Å². The minimum atomic E-state index is -0.419. The van der Waals surface area contributed by atoms with Gasteiger partial charge in [-0.3, -0.25) is 4.79 Å². The van der Waals surface area contributed by atoms with E-state index in [4.69, 9.17) is 14.2 Å². The second-order valence-electron chi connectivity index (χ2n) is 6.85. The molecule has 0 heterocycles. The number of carbonyl (C=O) groups excluding carboxylic acids is 1. The van der Waals surface area contributed by atoms with Crippen molar-refractivity contribution < 1.29 is 19.0 Å². The number of hydrogen-bond donors (Lipinski definition) is 1. The van der Waals surface area contributed by atoms with Crippen LogP contribution in [0.1, 0.15) is 11.1 Å². The maximum Gasteiger partial charge on any atom is 0.261 e. The molecule has 0 aliphatic rings. The van der Waals surface area contributed by atoms with E-state index in [9.17, 15) is 10.1 Å². The molecule has 0 saturated carbocycles. The molecule has 162 valence electrons. The van der Waals surface area contributed by atoms with E-state index >= 15 is 0 Å². The molecule has 0 bridgehead atoms. The minimum Gasteiger partial charge on any atom is -0.493 e. The van der Waals surface area contributed by atoms with Crippen LogP contribution >= 0.6 is 0 Å². The highest BCUT2D eigenvalue weighted by Crippen LogP contribution is 2.27. The maximum absolute atomic E-state index is 12.4. The van der Waals surface area contributed by atoms with E-state index in [1.54, 1.807) is 44.6 Å². The maximum atomic E-state index is 12.4. The number of methoxy groups -OCH3 is 2. The first-order valence-corrected chi connectivity index (χ1v) is 10.1. The monoisotopic (exact) mass is 428 g/mol. The summed E-state index contributed by atoms with van der Waals surface area (Å²) in [6, 6.07) is 24.2. The number of rotatable bonds is 9. The summed E-state index contributed by atoms with van der Waals surface area (Å²) in [7, 11) is 3.16. The van der Waals surface area contributed by atoms with Crippen molar-refractivity contribution in [2.24, 2.45) is 0 Å². The Kier molecular flexibility index (Phi) is 7.88.